The Kier molecular flexibility index (Phi) is 5.50. The summed E-state index contributed by atoms with van der Waals surface area (Å²) in [6.07, 6.45) is 11.5. The molecule has 22 heavy (non-hydrogen) atoms. The molecule has 2 aliphatic heterocycles. The maximum atomic E-state index is 9.48. The number of aromatic nitrogens is 2. The van der Waals surface area contributed by atoms with E-state index >= 15 is 0 Å². The van der Waals surface area contributed by atoms with Crippen molar-refractivity contribution in [1.82, 2.24) is 19.6 Å². The summed E-state index contributed by atoms with van der Waals surface area (Å²) in [5, 5.41) is 13.7. The fourth-order valence-corrected chi connectivity index (χ4v) is 4.10. The highest BCUT2D eigenvalue weighted by atomic mass is 16.3. The Hall–Kier alpha value is -0.910. The fourth-order valence-electron chi connectivity index (χ4n) is 4.10. The maximum Gasteiger partial charge on any atom is 0.0586 e. The van der Waals surface area contributed by atoms with Gasteiger partial charge >= 0.3 is 0 Å². The molecule has 2 atom stereocenters. The van der Waals surface area contributed by atoms with Crippen LogP contribution in [0.5, 0.6) is 0 Å². The van der Waals surface area contributed by atoms with E-state index in [0.29, 0.717) is 18.7 Å². The molecule has 0 amide bonds. The molecule has 1 N–H and O–H groups in total. The molecule has 0 aromatic carbocycles. The van der Waals surface area contributed by atoms with Crippen molar-refractivity contribution in [3.05, 3.63) is 18.0 Å². The highest BCUT2D eigenvalue weighted by Gasteiger charge is 2.30. The van der Waals surface area contributed by atoms with Crippen molar-refractivity contribution in [3.63, 3.8) is 0 Å². The van der Waals surface area contributed by atoms with E-state index in [1.807, 2.05) is 17.9 Å². The van der Waals surface area contributed by atoms with Gasteiger partial charge in [-0.25, -0.2) is 0 Å². The zero-order valence-electron chi connectivity index (χ0n) is 13.8. The minimum Gasteiger partial charge on any atom is -0.395 e. The molecule has 0 bridgehead atoms. The first kappa shape index (κ1) is 16.0. The van der Waals surface area contributed by atoms with E-state index in [4.69, 9.17) is 0 Å². The van der Waals surface area contributed by atoms with Gasteiger partial charge in [0.05, 0.1) is 12.8 Å². The van der Waals surface area contributed by atoms with Crippen molar-refractivity contribution in [2.75, 3.05) is 32.8 Å². The van der Waals surface area contributed by atoms with E-state index in [1.54, 1.807) is 0 Å². The summed E-state index contributed by atoms with van der Waals surface area (Å²) in [5.74, 6) is 0. The van der Waals surface area contributed by atoms with Crippen molar-refractivity contribution < 1.29 is 5.11 Å². The lowest BCUT2D eigenvalue weighted by Crippen LogP contribution is -2.43. The molecule has 0 spiro atoms. The molecule has 5 heteroatoms. The van der Waals surface area contributed by atoms with Crippen LogP contribution in [0.3, 0.4) is 0 Å². The lowest BCUT2D eigenvalue weighted by Gasteiger charge is -2.31. The van der Waals surface area contributed by atoms with Crippen molar-refractivity contribution in [3.8, 4) is 0 Å². The van der Waals surface area contributed by atoms with E-state index in [1.165, 1.54) is 57.3 Å². The second-order valence-electron chi connectivity index (χ2n) is 6.93. The number of aliphatic hydroxyl groups is 1. The third-order valence-electron chi connectivity index (χ3n) is 5.32. The summed E-state index contributed by atoms with van der Waals surface area (Å²) in [7, 11) is 1.98. The zero-order valence-corrected chi connectivity index (χ0v) is 13.8. The van der Waals surface area contributed by atoms with E-state index in [0.717, 1.165) is 13.0 Å². The second-order valence-corrected chi connectivity index (χ2v) is 6.93. The number of aryl methyl sites for hydroxylation is 2. The standard InChI is InChI=1S/C17H30N4O/c1-19-12-15(11-18-19)5-2-8-20-9-3-6-16(20)13-21-10-4-7-17(21)14-22/h11-12,16-17,22H,2-10,13-14H2,1H3. The van der Waals surface area contributed by atoms with E-state index in [2.05, 4.69) is 21.1 Å². The topological polar surface area (TPSA) is 44.5 Å². The predicted octanol–water partition coefficient (Wildman–Crippen LogP) is 1.27. The highest BCUT2D eigenvalue weighted by Crippen LogP contribution is 2.23. The SMILES string of the molecule is Cn1cc(CCCN2CCCC2CN2CCCC2CO)cn1. The maximum absolute atomic E-state index is 9.48. The fraction of sp³-hybridized carbons (Fsp3) is 0.824. The van der Waals surface area contributed by atoms with Crippen LogP contribution in [-0.2, 0) is 13.5 Å². The average molecular weight is 306 g/mol. The predicted molar refractivity (Wildman–Crippen MR) is 87.8 cm³/mol. The number of aliphatic hydroxyl groups excluding tert-OH is 1. The lowest BCUT2D eigenvalue weighted by atomic mass is 10.1. The van der Waals surface area contributed by atoms with Crippen molar-refractivity contribution in [1.29, 1.82) is 0 Å². The van der Waals surface area contributed by atoms with E-state index in [-0.39, 0.29) is 0 Å². The molecule has 2 fully saturated rings. The van der Waals surface area contributed by atoms with Crippen molar-refractivity contribution in [2.45, 2.75) is 50.6 Å². The number of rotatable bonds is 7. The monoisotopic (exact) mass is 306 g/mol. The zero-order chi connectivity index (χ0) is 15.4. The first-order valence-corrected chi connectivity index (χ1v) is 8.83. The molecular formula is C17H30N4O. The summed E-state index contributed by atoms with van der Waals surface area (Å²) in [5.41, 5.74) is 1.35. The Bertz CT molecular complexity index is 461. The molecule has 2 unspecified atom stereocenters. The van der Waals surface area contributed by atoms with Crippen LogP contribution in [0.2, 0.25) is 0 Å². The van der Waals surface area contributed by atoms with E-state index < -0.39 is 0 Å². The Morgan fingerprint density at radius 2 is 1.95 bits per heavy atom. The minimum absolute atomic E-state index is 0.327. The number of likely N-dealkylation sites (tertiary alicyclic amines) is 2. The quantitative estimate of drug-likeness (QED) is 0.824. The summed E-state index contributed by atoms with van der Waals surface area (Å²) < 4.78 is 1.89. The molecule has 124 valence electrons. The van der Waals surface area contributed by atoms with Gasteiger partial charge in [-0.2, -0.15) is 5.10 Å². The minimum atomic E-state index is 0.327. The van der Waals surface area contributed by atoms with Crippen LogP contribution in [0, 0.1) is 0 Å². The van der Waals surface area contributed by atoms with Crippen molar-refractivity contribution >= 4 is 0 Å². The molecule has 2 saturated heterocycles. The molecule has 0 radical (unpaired) electrons. The van der Waals surface area contributed by atoms with Gasteiger partial charge in [0.15, 0.2) is 0 Å². The molecule has 0 saturated carbocycles. The van der Waals surface area contributed by atoms with Crippen LogP contribution in [0.15, 0.2) is 12.4 Å². The van der Waals surface area contributed by atoms with Crippen molar-refractivity contribution in [2.24, 2.45) is 7.05 Å². The largest absolute Gasteiger partial charge is 0.395 e. The van der Waals surface area contributed by atoms with Crippen LogP contribution in [-0.4, -0.2) is 69.6 Å². The molecule has 2 aliphatic rings. The van der Waals surface area contributed by atoms with Crippen LogP contribution in [0.1, 0.15) is 37.7 Å². The van der Waals surface area contributed by atoms with Gasteiger partial charge in [-0.05, 0) is 63.7 Å². The van der Waals surface area contributed by atoms with Gasteiger partial charge in [-0.1, -0.05) is 0 Å². The van der Waals surface area contributed by atoms with Gasteiger partial charge in [-0.15, -0.1) is 0 Å². The summed E-state index contributed by atoms with van der Waals surface area (Å²) >= 11 is 0. The Morgan fingerprint density at radius 3 is 2.68 bits per heavy atom. The Labute approximate surface area is 133 Å². The molecule has 5 nitrogen and oxygen atoms in total. The third kappa shape index (κ3) is 3.89. The Morgan fingerprint density at radius 1 is 1.18 bits per heavy atom. The first-order valence-electron chi connectivity index (χ1n) is 8.83. The second kappa shape index (κ2) is 7.57. The molecule has 1 aromatic rings. The first-order chi connectivity index (χ1) is 10.8. The van der Waals surface area contributed by atoms with Gasteiger partial charge in [0.25, 0.3) is 0 Å². The Balaban J connectivity index is 1.44. The van der Waals surface area contributed by atoms with Gasteiger partial charge in [0.2, 0.25) is 0 Å². The third-order valence-corrected chi connectivity index (χ3v) is 5.32. The number of hydrogen-bond donors (Lipinski definition) is 1. The van der Waals surface area contributed by atoms with Crippen LogP contribution >= 0.6 is 0 Å². The van der Waals surface area contributed by atoms with Crippen LogP contribution in [0.4, 0.5) is 0 Å². The number of nitrogens with zero attached hydrogens (tertiary/aromatic N) is 4. The van der Waals surface area contributed by atoms with E-state index in [9.17, 15) is 5.11 Å². The molecule has 0 aliphatic carbocycles. The number of hydrogen-bond acceptors (Lipinski definition) is 4. The molecular weight excluding hydrogens is 276 g/mol. The average Bonchev–Trinajstić information content (AvgIpc) is 3.22. The van der Waals surface area contributed by atoms with Gasteiger partial charge < -0.3 is 5.11 Å². The molecule has 1 aromatic heterocycles. The summed E-state index contributed by atoms with van der Waals surface area (Å²) in [6.45, 7) is 5.09. The summed E-state index contributed by atoms with van der Waals surface area (Å²) in [6, 6.07) is 1.11. The highest BCUT2D eigenvalue weighted by molar-refractivity contribution is 5.03. The van der Waals surface area contributed by atoms with Gasteiger partial charge in [0, 0.05) is 31.9 Å². The lowest BCUT2D eigenvalue weighted by molar-refractivity contribution is 0.122. The summed E-state index contributed by atoms with van der Waals surface area (Å²) in [4.78, 5) is 5.19. The van der Waals surface area contributed by atoms with Crippen LogP contribution in [0.25, 0.3) is 0 Å². The van der Waals surface area contributed by atoms with Gasteiger partial charge in [0.1, 0.15) is 0 Å². The smallest absolute Gasteiger partial charge is 0.0586 e. The van der Waals surface area contributed by atoms with Gasteiger partial charge in [-0.3, -0.25) is 14.5 Å². The normalized spacial score (nSPS) is 27.0. The molecule has 3 rings (SSSR count). The molecule has 3 heterocycles. The van der Waals surface area contributed by atoms with Crippen LogP contribution < -0.4 is 0 Å².